The molecule has 1 atom stereocenters. The number of anilines is 1. The third kappa shape index (κ3) is 3.90. The van der Waals surface area contributed by atoms with Gasteiger partial charge < -0.3 is 11.1 Å². The van der Waals surface area contributed by atoms with Crippen LogP contribution >= 0.6 is 23.1 Å². The topological polar surface area (TPSA) is 38.0 Å². The zero-order valence-electron chi connectivity index (χ0n) is 8.75. The normalized spacial score (nSPS) is 13.0. The van der Waals surface area contributed by atoms with Crippen molar-refractivity contribution in [2.45, 2.75) is 25.9 Å². The summed E-state index contributed by atoms with van der Waals surface area (Å²) in [6.07, 6.45) is 3.36. The molecule has 0 spiro atoms. The molecule has 14 heavy (non-hydrogen) atoms. The van der Waals surface area contributed by atoms with Crippen molar-refractivity contribution < 1.29 is 0 Å². The Morgan fingerprint density at radius 1 is 1.64 bits per heavy atom. The Balaban J connectivity index is 2.23. The predicted molar refractivity (Wildman–Crippen MR) is 68.0 cm³/mol. The highest BCUT2D eigenvalue weighted by molar-refractivity contribution is 7.98. The van der Waals surface area contributed by atoms with E-state index in [2.05, 4.69) is 18.5 Å². The molecule has 0 saturated heterocycles. The number of hydrogen-bond acceptors (Lipinski definition) is 4. The molecule has 1 rings (SSSR count). The van der Waals surface area contributed by atoms with Crippen molar-refractivity contribution in [3.05, 3.63) is 16.3 Å². The first kappa shape index (κ1) is 11.9. The highest BCUT2D eigenvalue weighted by Crippen LogP contribution is 2.18. The van der Waals surface area contributed by atoms with Crippen LogP contribution in [0.25, 0.3) is 0 Å². The van der Waals surface area contributed by atoms with Crippen molar-refractivity contribution in [3.8, 4) is 0 Å². The lowest BCUT2D eigenvalue weighted by Crippen LogP contribution is -2.25. The summed E-state index contributed by atoms with van der Waals surface area (Å²) in [7, 11) is 0. The summed E-state index contributed by atoms with van der Waals surface area (Å²) in [5.74, 6) is 1.22. The molecule has 0 aliphatic rings. The van der Waals surface area contributed by atoms with Crippen molar-refractivity contribution in [1.29, 1.82) is 0 Å². The third-order valence-electron chi connectivity index (χ3n) is 2.15. The Labute approximate surface area is 94.3 Å². The second kappa shape index (κ2) is 6.32. The highest BCUT2D eigenvalue weighted by Gasteiger charge is 2.03. The molecule has 1 aromatic heterocycles. The molecule has 1 heterocycles. The SMILES string of the molecule is CSCCC(C)NCc1sccc1N. The molecular formula is C10H18N2S2. The lowest BCUT2D eigenvalue weighted by molar-refractivity contribution is 0.541. The molecule has 80 valence electrons. The van der Waals surface area contributed by atoms with E-state index in [1.54, 1.807) is 11.3 Å². The quantitative estimate of drug-likeness (QED) is 0.789. The molecular weight excluding hydrogens is 212 g/mol. The van der Waals surface area contributed by atoms with Crippen LogP contribution in [-0.4, -0.2) is 18.1 Å². The molecule has 0 aliphatic carbocycles. The van der Waals surface area contributed by atoms with Crippen LogP contribution in [0.2, 0.25) is 0 Å². The third-order valence-corrected chi connectivity index (χ3v) is 3.73. The zero-order valence-corrected chi connectivity index (χ0v) is 10.4. The summed E-state index contributed by atoms with van der Waals surface area (Å²) in [6, 6.07) is 2.54. The van der Waals surface area contributed by atoms with E-state index in [0.717, 1.165) is 12.2 Å². The maximum atomic E-state index is 5.79. The van der Waals surface area contributed by atoms with Crippen LogP contribution in [0.4, 0.5) is 5.69 Å². The van der Waals surface area contributed by atoms with E-state index in [4.69, 9.17) is 5.73 Å². The Kier molecular flexibility index (Phi) is 5.37. The fourth-order valence-corrected chi connectivity index (χ4v) is 2.50. The smallest absolute Gasteiger partial charge is 0.0468 e. The molecule has 1 unspecified atom stereocenters. The average Bonchev–Trinajstić information content (AvgIpc) is 2.58. The molecule has 4 heteroatoms. The van der Waals surface area contributed by atoms with Crippen LogP contribution in [0.15, 0.2) is 11.4 Å². The summed E-state index contributed by atoms with van der Waals surface area (Å²) in [6.45, 7) is 3.12. The van der Waals surface area contributed by atoms with Crippen LogP contribution in [-0.2, 0) is 6.54 Å². The van der Waals surface area contributed by atoms with Gasteiger partial charge >= 0.3 is 0 Å². The van der Waals surface area contributed by atoms with Crippen molar-refractivity contribution in [1.82, 2.24) is 5.32 Å². The van der Waals surface area contributed by atoms with Crippen molar-refractivity contribution in [2.75, 3.05) is 17.7 Å². The second-order valence-electron chi connectivity index (χ2n) is 3.36. The molecule has 0 aromatic carbocycles. The van der Waals surface area contributed by atoms with Crippen LogP contribution in [0.1, 0.15) is 18.2 Å². The molecule has 0 radical (unpaired) electrons. The molecule has 0 saturated carbocycles. The second-order valence-corrected chi connectivity index (χ2v) is 5.35. The number of rotatable bonds is 6. The van der Waals surface area contributed by atoms with Crippen molar-refractivity contribution >= 4 is 28.8 Å². The van der Waals surface area contributed by atoms with E-state index < -0.39 is 0 Å². The molecule has 0 aliphatic heterocycles. The van der Waals surface area contributed by atoms with Crippen LogP contribution in [0, 0.1) is 0 Å². The standard InChI is InChI=1S/C10H18N2S2/c1-8(3-5-13-2)12-7-10-9(11)4-6-14-10/h4,6,8,12H,3,5,7,11H2,1-2H3. The zero-order chi connectivity index (χ0) is 10.4. The number of thioether (sulfide) groups is 1. The fraction of sp³-hybridized carbons (Fsp3) is 0.600. The molecule has 0 bridgehead atoms. The van der Waals surface area contributed by atoms with Gasteiger partial charge in [0.05, 0.1) is 0 Å². The Morgan fingerprint density at radius 2 is 2.43 bits per heavy atom. The van der Waals surface area contributed by atoms with E-state index in [1.807, 2.05) is 23.2 Å². The van der Waals surface area contributed by atoms with Gasteiger partial charge in [0, 0.05) is 23.2 Å². The molecule has 0 fully saturated rings. The fourth-order valence-electron chi connectivity index (χ4n) is 1.16. The molecule has 0 amide bonds. The van der Waals surface area contributed by atoms with Gasteiger partial charge in [-0.25, -0.2) is 0 Å². The number of nitrogens with one attached hydrogen (secondary N) is 1. The van der Waals surface area contributed by atoms with Gasteiger partial charge in [0.25, 0.3) is 0 Å². The molecule has 1 aromatic rings. The Bertz CT molecular complexity index is 260. The molecule has 3 N–H and O–H groups in total. The van der Waals surface area contributed by atoms with Gasteiger partial charge in [-0.05, 0) is 36.8 Å². The van der Waals surface area contributed by atoms with Gasteiger partial charge in [0.2, 0.25) is 0 Å². The lowest BCUT2D eigenvalue weighted by Gasteiger charge is -2.12. The maximum Gasteiger partial charge on any atom is 0.0468 e. The van der Waals surface area contributed by atoms with Gasteiger partial charge in [-0.1, -0.05) is 0 Å². The van der Waals surface area contributed by atoms with Crippen LogP contribution < -0.4 is 11.1 Å². The Hall–Kier alpha value is -0.190. The monoisotopic (exact) mass is 230 g/mol. The largest absolute Gasteiger partial charge is 0.398 e. The number of nitrogens with two attached hydrogens (primary N) is 1. The van der Waals surface area contributed by atoms with Crippen molar-refractivity contribution in [3.63, 3.8) is 0 Å². The van der Waals surface area contributed by atoms with Gasteiger partial charge in [0.15, 0.2) is 0 Å². The van der Waals surface area contributed by atoms with Gasteiger partial charge in [-0.3, -0.25) is 0 Å². The van der Waals surface area contributed by atoms with Crippen LogP contribution in [0.3, 0.4) is 0 Å². The maximum absolute atomic E-state index is 5.79. The summed E-state index contributed by atoms with van der Waals surface area (Å²) in [5, 5.41) is 5.52. The number of thiophene rings is 1. The highest BCUT2D eigenvalue weighted by atomic mass is 32.2. The minimum atomic E-state index is 0.573. The summed E-state index contributed by atoms with van der Waals surface area (Å²) >= 11 is 3.62. The average molecular weight is 230 g/mol. The Morgan fingerprint density at radius 3 is 3.00 bits per heavy atom. The first-order chi connectivity index (χ1) is 6.74. The number of hydrogen-bond donors (Lipinski definition) is 2. The predicted octanol–water partition coefficient (Wildman–Crippen LogP) is 2.56. The summed E-state index contributed by atoms with van der Waals surface area (Å²) in [4.78, 5) is 1.25. The van der Waals surface area contributed by atoms with Crippen LogP contribution in [0.5, 0.6) is 0 Å². The van der Waals surface area contributed by atoms with E-state index in [0.29, 0.717) is 6.04 Å². The number of nitrogen functional groups attached to an aromatic ring is 1. The van der Waals surface area contributed by atoms with E-state index in [9.17, 15) is 0 Å². The summed E-state index contributed by atoms with van der Waals surface area (Å²) in [5.41, 5.74) is 6.71. The van der Waals surface area contributed by atoms with Gasteiger partial charge in [-0.15, -0.1) is 11.3 Å². The summed E-state index contributed by atoms with van der Waals surface area (Å²) < 4.78 is 0. The van der Waals surface area contributed by atoms with E-state index >= 15 is 0 Å². The van der Waals surface area contributed by atoms with E-state index in [-0.39, 0.29) is 0 Å². The minimum Gasteiger partial charge on any atom is -0.398 e. The lowest BCUT2D eigenvalue weighted by atomic mass is 10.2. The molecule has 2 nitrogen and oxygen atoms in total. The minimum absolute atomic E-state index is 0.573. The van der Waals surface area contributed by atoms with E-state index in [1.165, 1.54) is 17.1 Å². The first-order valence-electron chi connectivity index (χ1n) is 4.78. The van der Waals surface area contributed by atoms with Gasteiger partial charge in [-0.2, -0.15) is 11.8 Å². The first-order valence-corrected chi connectivity index (χ1v) is 7.05. The van der Waals surface area contributed by atoms with Gasteiger partial charge in [0.1, 0.15) is 0 Å². The van der Waals surface area contributed by atoms with Crippen molar-refractivity contribution in [2.24, 2.45) is 0 Å².